The van der Waals surface area contributed by atoms with Crippen LogP contribution in [-0.4, -0.2) is 5.78 Å². The molecule has 0 amide bonds. The van der Waals surface area contributed by atoms with Crippen LogP contribution < -0.4 is 0 Å². The van der Waals surface area contributed by atoms with Crippen LogP contribution in [0.3, 0.4) is 0 Å². The second-order valence-corrected chi connectivity index (χ2v) is 6.83. The predicted octanol–water partition coefficient (Wildman–Crippen LogP) is 5.80. The molecular weight excluding hydrogens is 348 g/mol. The normalized spacial score (nSPS) is 17.3. The van der Waals surface area contributed by atoms with E-state index in [0.29, 0.717) is 22.9 Å². The van der Waals surface area contributed by atoms with Crippen LogP contribution >= 0.6 is 27.5 Å². The first-order chi connectivity index (χ1) is 10.1. The maximum Gasteiger partial charge on any atom is 0.164 e. The van der Waals surface area contributed by atoms with E-state index in [1.54, 1.807) is 12.1 Å². The summed E-state index contributed by atoms with van der Waals surface area (Å²) < 4.78 is 0.820. The van der Waals surface area contributed by atoms with Gasteiger partial charge in [-0.25, -0.2) is 0 Å². The predicted molar refractivity (Wildman–Crippen MR) is 90.2 cm³/mol. The number of Topliss-reactive ketones (excluding diaryl/α,β-unsaturated/α-hetero) is 1. The van der Waals surface area contributed by atoms with Crippen molar-refractivity contribution in [3.05, 3.63) is 68.7 Å². The summed E-state index contributed by atoms with van der Waals surface area (Å²) in [6.07, 6.45) is 3.92. The minimum Gasteiger partial charge on any atom is -0.294 e. The van der Waals surface area contributed by atoms with Crippen molar-refractivity contribution in [1.82, 2.24) is 0 Å². The molecule has 1 nitrogen and oxygen atoms in total. The molecule has 0 fully saturated rings. The summed E-state index contributed by atoms with van der Waals surface area (Å²) in [7, 11) is 0. The molecule has 1 atom stereocenters. The zero-order valence-electron chi connectivity index (χ0n) is 11.6. The molecule has 21 heavy (non-hydrogen) atoms. The molecule has 0 N–H and O–H groups in total. The number of fused-ring (bicyclic) bond motifs is 1. The fourth-order valence-corrected chi connectivity index (χ4v) is 3.75. The highest BCUT2D eigenvalue weighted by molar-refractivity contribution is 9.10. The molecule has 2 aromatic carbocycles. The standard InChI is InChI=1S/C18H16BrClO/c19-17-9-8-14(20)11-16(17)18(21)10-13-6-3-5-12-4-1-2-7-15(12)13/h1-2,4,7-9,11,13H,3,5-6,10H2. The highest BCUT2D eigenvalue weighted by Crippen LogP contribution is 2.35. The highest BCUT2D eigenvalue weighted by Gasteiger charge is 2.23. The molecule has 0 bridgehead atoms. The van der Waals surface area contributed by atoms with Crippen molar-refractivity contribution >= 4 is 33.3 Å². The van der Waals surface area contributed by atoms with Crippen LogP contribution in [0.1, 0.15) is 46.7 Å². The van der Waals surface area contributed by atoms with Gasteiger partial charge in [0.1, 0.15) is 0 Å². The third-order valence-corrected chi connectivity index (χ3v) is 5.08. The summed E-state index contributed by atoms with van der Waals surface area (Å²) in [6.45, 7) is 0. The SMILES string of the molecule is O=C(CC1CCCc2ccccc21)c1cc(Cl)ccc1Br. The van der Waals surface area contributed by atoms with Gasteiger partial charge in [0, 0.05) is 21.5 Å². The van der Waals surface area contributed by atoms with Gasteiger partial charge in [0.05, 0.1) is 0 Å². The molecular formula is C18H16BrClO. The van der Waals surface area contributed by atoms with E-state index in [-0.39, 0.29) is 5.78 Å². The summed E-state index contributed by atoms with van der Waals surface area (Å²) in [6, 6.07) is 13.9. The number of carbonyl (C=O) groups is 1. The first-order valence-electron chi connectivity index (χ1n) is 7.21. The van der Waals surface area contributed by atoms with Crippen LogP contribution in [0.4, 0.5) is 0 Å². The van der Waals surface area contributed by atoms with Gasteiger partial charge in [0.15, 0.2) is 5.78 Å². The zero-order chi connectivity index (χ0) is 14.8. The van der Waals surface area contributed by atoms with Gasteiger partial charge in [-0.05, 0) is 54.5 Å². The fourth-order valence-electron chi connectivity index (χ4n) is 3.11. The van der Waals surface area contributed by atoms with Gasteiger partial charge in [-0.1, -0.05) is 51.8 Å². The lowest BCUT2D eigenvalue weighted by Gasteiger charge is -2.25. The number of aryl methyl sites for hydroxylation is 1. The van der Waals surface area contributed by atoms with Crippen molar-refractivity contribution in [2.24, 2.45) is 0 Å². The van der Waals surface area contributed by atoms with E-state index < -0.39 is 0 Å². The van der Waals surface area contributed by atoms with Crippen LogP contribution in [0.5, 0.6) is 0 Å². The number of halogens is 2. The Labute approximate surface area is 138 Å². The van der Waals surface area contributed by atoms with Crippen molar-refractivity contribution in [3.8, 4) is 0 Å². The minimum atomic E-state index is 0.158. The molecule has 0 spiro atoms. The molecule has 0 aliphatic heterocycles. The lowest BCUT2D eigenvalue weighted by atomic mass is 9.79. The molecule has 1 aliphatic rings. The van der Waals surface area contributed by atoms with Crippen LogP contribution in [0.15, 0.2) is 46.9 Å². The van der Waals surface area contributed by atoms with Crippen LogP contribution in [0.25, 0.3) is 0 Å². The van der Waals surface area contributed by atoms with Gasteiger partial charge in [0.25, 0.3) is 0 Å². The first-order valence-corrected chi connectivity index (χ1v) is 8.38. The molecule has 1 aliphatic carbocycles. The maximum atomic E-state index is 12.6. The molecule has 0 heterocycles. The lowest BCUT2D eigenvalue weighted by molar-refractivity contribution is 0.0970. The Bertz CT molecular complexity index is 681. The molecule has 2 aromatic rings. The Morgan fingerprint density at radius 2 is 2.05 bits per heavy atom. The number of benzene rings is 2. The van der Waals surface area contributed by atoms with E-state index >= 15 is 0 Å². The maximum absolute atomic E-state index is 12.6. The lowest BCUT2D eigenvalue weighted by Crippen LogP contribution is -2.14. The quantitative estimate of drug-likeness (QED) is 0.630. The smallest absolute Gasteiger partial charge is 0.164 e. The van der Waals surface area contributed by atoms with Gasteiger partial charge >= 0.3 is 0 Å². The number of ketones is 1. The number of rotatable bonds is 3. The molecule has 3 rings (SSSR count). The van der Waals surface area contributed by atoms with E-state index in [2.05, 4.69) is 40.2 Å². The average molecular weight is 364 g/mol. The Hall–Kier alpha value is -1.12. The summed E-state index contributed by atoms with van der Waals surface area (Å²) in [4.78, 5) is 12.6. The molecule has 1 unspecified atom stereocenters. The van der Waals surface area contributed by atoms with E-state index in [4.69, 9.17) is 11.6 Å². The molecule has 0 aromatic heterocycles. The molecule has 0 radical (unpaired) electrons. The van der Waals surface area contributed by atoms with E-state index in [9.17, 15) is 4.79 Å². The van der Waals surface area contributed by atoms with Crippen molar-refractivity contribution in [2.75, 3.05) is 0 Å². The van der Waals surface area contributed by atoms with Crippen LogP contribution in [-0.2, 0) is 6.42 Å². The van der Waals surface area contributed by atoms with E-state index in [1.165, 1.54) is 11.1 Å². The minimum absolute atomic E-state index is 0.158. The summed E-state index contributed by atoms with van der Waals surface area (Å²) in [5.41, 5.74) is 3.42. The number of hydrogen-bond acceptors (Lipinski definition) is 1. The van der Waals surface area contributed by atoms with Crippen molar-refractivity contribution < 1.29 is 4.79 Å². The Morgan fingerprint density at radius 3 is 2.90 bits per heavy atom. The number of carbonyl (C=O) groups excluding carboxylic acids is 1. The van der Waals surface area contributed by atoms with E-state index in [0.717, 1.165) is 23.7 Å². The third-order valence-electron chi connectivity index (χ3n) is 4.15. The number of hydrogen-bond donors (Lipinski definition) is 0. The van der Waals surface area contributed by atoms with Crippen molar-refractivity contribution in [1.29, 1.82) is 0 Å². The molecule has 108 valence electrons. The van der Waals surface area contributed by atoms with Gasteiger partial charge in [-0.3, -0.25) is 4.79 Å². The van der Waals surface area contributed by atoms with Crippen molar-refractivity contribution in [3.63, 3.8) is 0 Å². The van der Waals surface area contributed by atoms with Crippen LogP contribution in [0.2, 0.25) is 5.02 Å². The van der Waals surface area contributed by atoms with Gasteiger partial charge in [-0.15, -0.1) is 0 Å². The van der Waals surface area contributed by atoms with Gasteiger partial charge in [0.2, 0.25) is 0 Å². The molecule has 0 saturated heterocycles. The molecule has 3 heteroatoms. The average Bonchev–Trinajstić information content (AvgIpc) is 2.50. The van der Waals surface area contributed by atoms with Gasteiger partial charge in [-0.2, -0.15) is 0 Å². The Morgan fingerprint density at radius 1 is 1.24 bits per heavy atom. The zero-order valence-corrected chi connectivity index (χ0v) is 14.0. The summed E-state index contributed by atoms with van der Waals surface area (Å²) in [5.74, 6) is 0.486. The summed E-state index contributed by atoms with van der Waals surface area (Å²) >= 11 is 9.46. The monoisotopic (exact) mass is 362 g/mol. The fraction of sp³-hybridized carbons (Fsp3) is 0.278. The third kappa shape index (κ3) is 3.22. The largest absolute Gasteiger partial charge is 0.294 e. The van der Waals surface area contributed by atoms with Crippen LogP contribution in [0, 0.1) is 0 Å². The topological polar surface area (TPSA) is 17.1 Å². The Kier molecular flexibility index (Phi) is 4.46. The first kappa shape index (κ1) is 14.8. The highest BCUT2D eigenvalue weighted by atomic mass is 79.9. The van der Waals surface area contributed by atoms with Crippen molar-refractivity contribution in [2.45, 2.75) is 31.6 Å². The second-order valence-electron chi connectivity index (χ2n) is 5.54. The Balaban J connectivity index is 1.84. The second kappa shape index (κ2) is 6.33. The summed E-state index contributed by atoms with van der Waals surface area (Å²) in [5, 5.41) is 0.602. The molecule has 0 saturated carbocycles. The van der Waals surface area contributed by atoms with Gasteiger partial charge < -0.3 is 0 Å². The van der Waals surface area contributed by atoms with E-state index in [1.807, 2.05) is 6.07 Å².